The number of halogens is 1. The second kappa shape index (κ2) is 5.17. The van der Waals surface area contributed by atoms with Gasteiger partial charge in [-0.05, 0) is 29.5 Å². The average molecular weight is 265 g/mol. The molecule has 0 fully saturated rings. The van der Waals surface area contributed by atoms with Gasteiger partial charge in [0.1, 0.15) is 0 Å². The monoisotopic (exact) mass is 264 g/mol. The molecule has 3 nitrogen and oxygen atoms in total. The molecule has 92 valence electrons. The Bertz CT molecular complexity index is 435. The summed E-state index contributed by atoms with van der Waals surface area (Å²) in [6.45, 7) is 6.27. The highest BCUT2D eigenvalue weighted by atomic mass is 35.5. The van der Waals surface area contributed by atoms with Gasteiger partial charge in [-0.2, -0.15) is 8.42 Å². The molecule has 1 aromatic carbocycles. The first-order valence-corrected chi connectivity index (χ1v) is 6.29. The van der Waals surface area contributed by atoms with Crippen molar-refractivity contribution in [3.05, 3.63) is 29.8 Å². The average Bonchev–Trinajstić information content (AvgIpc) is 2.17. The van der Waals surface area contributed by atoms with Gasteiger partial charge in [0.15, 0.2) is 0 Å². The van der Waals surface area contributed by atoms with E-state index >= 15 is 0 Å². The summed E-state index contributed by atoms with van der Waals surface area (Å²) in [6.07, 6.45) is 0.970. The Morgan fingerprint density at radius 3 is 1.94 bits per heavy atom. The van der Waals surface area contributed by atoms with E-state index in [9.17, 15) is 8.42 Å². The van der Waals surface area contributed by atoms with Gasteiger partial charge >= 0.3 is 0 Å². The summed E-state index contributed by atoms with van der Waals surface area (Å²) in [4.78, 5) is -0.0573. The molecule has 0 saturated carbocycles. The summed E-state index contributed by atoms with van der Waals surface area (Å²) in [5.74, 6) is 0. The zero-order valence-corrected chi connectivity index (χ0v) is 11.2. The first-order chi connectivity index (χ1) is 6.77. The van der Waals surface area contributed by atoms with Gasteiger partial charge in [0.05, 0.1) is 4.90 Å². The van der Waals surface area contributed by atoms with Gasteiger partial charge in [-0.25, -0.2) is 0 Å². The molecule has 1 aromatic rings. The van der Waals surface area contributed by atoms with E-state index in [4.69, 9.17) is 4.55 Å². The van der Waals surface area contributed by atoms with Crippen molar-refractivity contribution in [1.82, 2.24) is 0 Å². The Morgan fingerprint density at radius 1 is 1.19 bits per heavy atom. The lowest BCUT2D eigenvalue weighted by Gasteiger charge is -2.23. The van der Waals surface area contributed by atoms with Crippen molar-refractivity contribution in [3.8, 4) is 0 Å². The minimum atomic E-state index is -4.07. The Hall–Kier alpha value is -0.580. The van der Waals surface area contributed by atoms with Crippen molar-refractivity contribution < 1.29 is 13.0 Å². The molecule has 0 aliphatic heterocycles. The van der Waals surface area contributed by atoms with E-state index in [0.717, 1.165) is 12.0 Å². The van der Waals surface area contributed by atoms with Gasteiger partial charge < -0.3 is 0 Å². The molecule has 0 bridgehead atoms. The Kier molecular flexibility index (Phi) is 4.98. The van der Waals surface area contributed by atoms with Crippen LogP contribution in [0, 0.1) is 0 Å². The van der Waals surface area contributed by atoms with Gasteiger partial charge in [0, 0.05) is 0 Å². The number of benzene rings is 1. The van der Waals surface area contributed by atoms with Crippen LogP contribution in [-0.2, 0) is 15.5 Å². The molecule has 5 heteroatoms. The van der Waals surface area contributed by atoms with Crippen LogP contribution < -0.4 is 0 Å². The highest BCUT2D eigenvalue weighted by molar-refractivity contribution is 7.85. The molecule has 16 heavy (non-hydrogen) atoms. The summed E-state index contributed by atoms with van der Waals surface area (Å²) >= 11 is 0. The first-order valence-electron chi connectivity index (χ1n) is 4.85. The van der Waals surface area contributed by atoms with Gasteiger partial charge in [-0.3, -0.25) is 4.55 Å². The van der Waals surface area contributed by atoms with Crippen LogP contribution in [0.25, 0.3) is 0 Å². The number of hydrogen-bond donors (Lipinski definition) is 1. The van der Waals surface area contributed by atoms with E-state index in [1.165, 1.54) is 12.1 Å². The fourth-order valence-electron chi connectivity index (χ4n) is 1.28. The summed E-state index contributed by atoms with van der Waals surface area (Å²) in [7, 11) is -4.07. The lowest BCUT2D eigenvalue weighted by atomic mass is 9.82. The zero-order chi connectivity index (χ0) is 11.7. The summed E-state index contributed by atoms with van der Waals surface area (Å²) in [5.41, 5.74) is 1.09. The van der Waals surface area contributed by atoms with Crippen LogP contribution >= 0.6 is 12.4 Å². The molecule has 0 amide bonds. The van der Waals surface area contributed by atoms with Crippen LogP contribution in [0.5, 0.6) is 0 Å². The molecule has 0 saturated heterocycles. The van der Waals surface area contributed by atoms with Crippen molar-refractivity contribution in [3.63, 3.8) is 0 Å². The van der Waals surface area contributed by atoms with Crippen molar-refractivity contribution in [1.29, 1.82) is 0 Å². The minimum Gasteiger partial charge on any atom is -0.282 e. The van der Waals surface area contributed by atoms with Crippen LogP contribution in [-0.4, -0.2) is 13.0 Å². The highest BCUT2D eigenvalue weighted by Crippen LogP contribution is 2.27. The summed E-state index contributed by atoms with van der Waals surface area (Å²) in [5, 5.41) is 0. The maximum Gasteiger partial charge on any atom is 0.294 e. The predicted molar refractivity (Wildman–Crippen MR) is 66.8 cm³/mol. The van der Waals surface area contributed by atoms with Crippen molar-refractivity contribution in [2.24, 2.45) is 0 Å². The fourth-order valence-corrected chi connectivity index (χ4v) is 1.76. The fraction of sp³-hybridized carbons (Fsp3) is 0.455. The van der Waals surface area contributed by atoms with E-state index in [-0.39, 0.29) is 22.7 Å². The van der Waals surface area contributed by atoms with Crippen molar-refractivity contribution in [2.45, 2.75) is 37.5 Å². The normalized spacial score (nSPS) is 12.0. The third-order valence-corrected chi connectivity index (χ3v) is 3.69. The van der Waals surface area contributed by atoms with Crippen molar-refractivity contribution in [2.75, 3.05) is 0 Å². The Balaban J connectivity index is 0.00000225. The third kappa shape index (κ3) is 3.47. The molecule has 0 aromatic heterocycles. The topological polar surface area (TPSA) is 54.4 Å². The van der Waals surface area contributed by atoms with Crippen LogP contribution in [0.2, 0.25) is 0 Å². The maximum absolute atomic E-state index is 10.8. The molecule has 0 aliphatic rings. The van der Waals surface area contributed by atoms with Crippen LogP contribution in [0.1, 0.15) is 32.8 Å². The first kappa shape index (κ1) is 15.4. The number of hydrogen-bond acceptors (Lipinski definition) is 2. The largest absolute Gasteiger partial charge is 0.294 e. The molecule has 0 unspecified atom stereocenters. The molecular weight excluding hydrogens is 248 g/mol. The van der Waals surface area contributed by atoms with Gasteiger partial charge in [0.25, 0.3) is 10.1 Å². The molecule has 0 heterocycles. The number of rotatable bonds is 3. The smallest absolute Gasteiger partial charge is 0.282 e. The van der Waals surface area contributed by atoms with Gasteiger partial charge in [-0.15, -0.1) is 12.4 Å². The molecular formula is C11H17ClO3S. The van der Waals surface area contributed by atoms with Crippen LogP contribution in [0.3, 0.4) is 0 Å². The molecule has 0 spiro atoms. The van der Waals surface area contributed by atoms with Gasteiger partial charge in [0.2, 0.25) is 0 Å². The van der Waals surface area contributed by atoms with Crippen LogP contribution in [0.4, 0.5) is 0 Å². The maximum atomic E-state index is 10.8. The van der Waals surface area contributed by atoms with Gasteiger partial charge in [-0.1, -0.05) is 32.9 Å². The van der Waals surface area contributed by atoms with E-state index < -0.39 is 10.1 Å². The second-order valence-electron chi connectivity index (χ2n) is 4.24. The lowest BCUT2D eigenvalue weighted by molar-refractivity contribution is 0.482. The molecule has 0 radical (unpaired) electrons. The summed E-state index contributed by atoms with van der Waals surface area (Å²) in [6, 6.07) is 6.35. The molecule has 1 N–H and O–H groups in total. The SMILES string of the molecule is CCC(C)(C)c1ccc(S(=O)(=O)O)cc1.Cl. The van der Waals surface area contributed by atoms with E-state index in [2.05, 4.69) is 20.8 Å². The summed E-state index contributed by atoms with van der Waals surface area (Å²) < 4.78 is 30.4. The molecule has 1 rings (SSSR count). The standard InChI is InChI=1S/C11H16O3S.ClH/c1-4-11(2,3)9-5-7-10(8-6-9)15(12,13)14;/h5-8H,4H2,1-3H3,(H,12,13,14);1H. The predicted octanol–water partition coefficient (Wildman–Crippen LogP) is 3.04. The Labute approximate surface area is 103 Å². The Morgan fingerprint density at radius 2 is 1.62 bits per heavy atom. The van der Waals surface area contributed by atoms with E-state index in [1.807, 2.05) is 0 Å². The van der Waals surface area contributed by atoms with E-state index in [0.29, 0.717) is 0 Å². The molecule has 0 aliphatic carbocycles. The highest BCUT2D eigenvalue weighted by Gasteiger charge is 2.18. The lowest BCUT2D eigenvalue weighted by Crippen LogP contribution is -2.15. The molecule has 0 atom stereocenters. The van der Waals surface area contributed by atoms with E-state index in [1.54, 1.807) is 12.1 Å². The third-order valence-electron chi connectivity index (χ3n) is 2.82. The van der Waals surface area contributed by atoms with Crippen molar-refractivity contribution >= 4 is 22.5 Å². The quantitative estimate of drug-likeness (QED) is 0.854. The second-order valence-corrected chi connectivity index (χ2v) is 5.66. The zero-order valence-electron chi connectivity index (χ0n) is 9.60. The minimum absolute atomic E-state index is 0. The van der Waals surface area contributed by atoms with Crippen LogP contribution in [0.15, 0.2) is 29.2 Å².